The van der Waals surface area contributed by atoms with E-state index in [1.54, 1.807) is 0 Å². The molecule has 0 aromatic carbocycles. The molecule has 0 bridgehead atoms. The second-order valence-corrected chi connectivity index (χ2v) is 3.32. The lowest BCUT2D eigenvalue weighted by atomic mass is 10.3. The van der Waals surface area contributed by atoms with Gasteiger partial charge in [0, 0.05) is 30.5 Å². The highest BCUT2D eigenvalue weighted by molar-refractivity contribution is 7.09. The fourth-order valence-corrected chi connectivity index (χ4v) is 1.65. The number of hydrogen-bond donors (Lipinski definition) is 1. The van der Waals surface area contributed by atoms with Crippen LogP contribution in [0.3, 0.4) is 0 Å². The lowest BCUT2D eigenvalue weighted by molar-refractivity contribution is -0.117. The van der Waals surface area contributed by atoms with Crippen molar-refractivity contribution in [3.63, 3.8) is 0 Å². The van der Waals surface area contributed by atoms with Gasteiger partial charge in [-0.2, -0.15) is 0 Å². The minimum absolute atomic E-state index is 0.000972. The molecule has 2 rings (SSSR count). The molecule has 64 valence electrons. The van der Waals surface area contributed by atoms with Crippen LogP contribution in [0.5, 0.6) is 0 Å². The van der Waals surface area contributed by atoms with Crippen LogP contribution in [-0.4, -0.2) is 33.3 Å². The fourth-order valence-electron chi connectivity index (χ4n) is 1.15. The van der Waals surface area contributed by atoms with E-state index in [0.717, 1.165) is 11.5 Å². The van der Waals surface area contributed by atoms with Crippen LogP contribution in [0.1, 0.15) is 6.42 Å². The minimum atomic E-state index is -0.0820. The molecule has 6 nitrogen and oxygen atoms in total. The Labute approximate surface area is 72.5 Å². The van der Waals surface area contributed by atoms with E-state index in [4.69, 9.17) is 5.73 Å². The lowest BCUT2D eigenvalue weighted by Crippen LogP contribution is -2.27. The van der Waals surface area contributed by atoms with Gasteiger partial charge < -0.3 is 5.73 Å². The quantitative estimate of drug-likeness (QED) is 0.606. The summed E-state index contributed by atoms with van der Waals surface area (Å²) in [7, 11) is 0. The van der Waals surface area contributed by atoms with E-state index < -0.39 is 0 Å². The van der Waals surface area contributed by atoms with E-state index in [0.29, 0.717) is 18.1 Å². The molecule has 0 spiro atoms. The largest absolute Gasteiger partial charge is 0.326 e. The molecule has 1 aromatic heterocycles. The third-order valence-corrected chi connectivity index (χ3v) is 2.30. The van der Waals surface area contributed by atoms with Crippen molar-refractivity contribution < 1.29 is 4.79 Å². The predicted octanol–water partition coefficient (Wildman–Crippen LogP) is -1.00. The molecule has 1 atom stereocenters. The summed E-state index contributed by atoms with van der Waals surface area (Å²) in [5.74, 6) is 0.000972. The SMILES string of the molecule is NC1CC(=O)N(c2nnns2)C1. The Morgan fingerprint density at radius 1 is 1.67 bits per heavy atom. The predicted molar refractivity (Wildman–Crippen MR) is 42.6 cm³/mol. The number of anilines is 1. The van der Waals surface area contributed by atoms with Crippen LogP contribution < -0.4 is 10.6 Å². The molecule has 1 unspecified atom stereocenters. The first kappa shape index (κ1) is 7.56. The van der Waals surface area contributed by atoms with Crippen molar-refractivity contribution in [3.05, 3.63) is 0 Å². The molecule has 0 aliphatic carbocycles. The number of aromatic nitrogens is 3. The minimum Gasteiger partial charge on any atom is -0.326 e. The Morgan fingerprint density at radius 2 is 2.50 bits per heavy atom. The normalized spacial score (nSPS) is 23.6. The van der Waals surface area contributed by atoms with Crippen molar-refractivity contribution in [3.8, 4) is 0 Å². The van der Waals surface area contributed by atoms with Gasteiger partial charge in [-0.05, 0) is 5.21 Å². The van der Waals surface area contributed by atoms with E-state index in [-0.39, 0.29) is 11.9 Å². The van der Waals surface area contributed by atoms with Crippen molar-refractivity contribution in [2.75, 3.05) is 11.4 Å². The van der Waals surface area contributed by atoms with Gasteiger partial charge in [0.25, 0.3) is 0 Å². The molecule has 1 amide bonds. The second-order valence-electron chi connectivity index (χ2n) is 2.61. The van der Waals surface area contributed by atoms with E-state index in [1.807, 2.05) is 0 Å². The molecule has 0 saturated carbocycles. The van der Waals surface area contributed by atoms with Gasteiger partial charge in [-0.25, -0.2) is 0 Å². The number of nitrogens with two attached hydrogens (primary N) is 1. The Balaban J connectivity index is 2.21. The van der Waals surface area contributed by atoms with Gasteiger partial charge >= 0.3 is 0 Å². The van der Waals surface area contributed by atoms with E-state index in [9.17, 15) is 4.79 Å². The highest BCUT2D eigenvalue weighted by Crippen LogP contribution is 2.19. The van der Waals surface area contributed by atoms with Gasteiger partial charge in [0.2, 0.25) is 11.0 Å². The third kappa shape index (κ3) is 1.16. The number of hydrogen-bond acceptors (Lipinski definition) is 6. The maximum absolute atomic E-state index is 11.2. The summed E-state index contributed by atoms with van der Waals surface area (Å²) in [6.45, 7) is 0.524. The Hall–Kier alpha value is -1.08. The number of carbonyl (C=O) groups excluding carboxylic acids is 1. The monoisotopic (exact) mass is 185 g/mol. The highest BCUT2D eigenvalue weighted by Gasteiger charge is 2.30. The molecule has 1 aromatic rings. The van der Waals surface area contributed by atoms with Gasteiger partial charge in [0.05, 0.1) is 0 Å². The number of carbonyl (C=O) groups is 1. The molecule has 1 aliphatic rings. The number of nitrogens with zero attached hydrogens (tertiary/aromatic N) is 4. The number of amides is 1. The van der Waals surface area contributed by atoms with Crippen LogP contribution in [0, 0.1) is 0 Å². The van der Waals surface area contributed by atoms with Crippen molar-refractivity contribution in [1.82, 2.24) is 14.8 Å². The molecular formula is C5H7N5OS. The van der Waals surface area contributed by atoms with Gasteiger partial charge in [-0.1, -0.05) is 9.59 Å². The van der Waals surface area contributed by atoms with Crippen molar-refractivity contribution in [2.45, 2.75) is 12.5 Å². The molecule has 2 heterocycles. The van der Waals surface area contributed by atoms with Crippen molar-refractivity contribution in [1.29, 1.82) is 0 Å². The maximum atomic E-state index is 11.2. The number of rotatable bonds is 1. The standard InChI is InChI=1S/C5H7N5OS/c6-3-1-4(11)10(2-3)5-7-8-9-12-5/h3H,1-2,6H2. The zero-order chi connectivity index (χ0) is 8.55. The first-order chi connectivity index (χ1) is 5.77. The average molecular weight is 185 g/mol. The van der Waals surface area contributed by atoms with Crippen molar-refractivity contribution in [2.24, 2.45) is 5.73 Å². The first-order valence-corrected chi connectivity index (χ1v) is 4.25. The van der Waals surface area contributed by atoms with Gasteiger partial charge in [0.1, 0.15) is 0 Å². The fraction of sp³-hybridized carbons (Fsp3) is 0.600. The molecule has 1 aliphatic heterocycles. The van der Waals surface area contributed by atoms with Crippen LogP contribution in [0.4, 0.5) is 5.13 Å². The summed E-state index contributed by atoms with van der Waals surface area (Å²) < 4.78 is 3.57. The molecule has 7 heteroatoms. The zero-order valence-electron chi connectivity index (χ0n) is 6.17. The lowest BCUT2D eigenvalue weighted by Gasteiger charge is -2.08. The van der Waals surface area contributed by atoms with Crippen LogP contribution in [0.25, 0.3) is 0 Å². The molecule has 1 saturated heterocycles. The summed E-state index contributed by atoms with van der Waals surface area (Å²) in [5.41, 5.74) is 5.60. The van der Waals surface area contributed by atoms with Crippen LogP contribution in [0.2, 0.25) is 0 Å². The Morgan fingerprint density at radius 3 is 3.00 bits per heavy atom. The van der Waals surface area contributed by atoms with E-state index in [2.05, 4.69) is 14.8 Å². The molecule has 12 heavy (non-hydrogen) atoms. The summed E-state index contributed by atoms with van der Waals surface area (Å²) in [6, 6.07) is -0.0820. The zero-order valence-corrected chi connectivity index (χ0v) is 6.99. The third-order valence-electron chi connectivity index (χ3n) is 1.68. The molecule has 1 fully saturated rings. The Kier molecular flexibility index (Phi) is 1.74. The van der Waals surface area contributed by atoms with Crippen LogP contribution >= 0.6 is 11.5 Å². The topological polar surface area (TPSA) is 85.0 Å². The summed E-state index contributed by atoms with van der Waals surface area (Å²) >= 11 is 1.10. The summed E-state index contributed by atoms with van der Waals surface area (Å²) in [4.78, 5) is 12.8. The Bertz CT molecular complexity index is 286. The van der Waals surface area contributed by atoms with E-state index in [1.165, 1.54) is 4.90 Å². The van der Waals surface area contributed by atoms with Gasteiger partial charge in [-0.15, -0.1) is 0 Å². The van der Waals surface area contributed by atoms with Gasteiger partial charge in [-0.3, -0.25) is 9.69 Å². The molecule has 0 radical (unpaired) electrons. The van der Waals surface area contributed by atoms with E-state index >= 15 is 0 Å². The van der Waals surface area contributed by atoms with Crippen LogP contribution in [0.15, 0.2) is 0 Å². The summed E-state index contributed by atoms with van der Waals surface area (Å²) in [5, 5.41) is 7.64. The second kappa shape index (κ2) is 2.76. The molecular weight excluding hydrogens is 178 g/mol. The van der Waals surface area contributed by atoms with Gasteiger partial charge in [0.15, 0.2) is 0 Å². The highest BCUT2D eigenvalue weighted by atomic mass is 32.1. The average Bonchev–Trinajstić information content (AvgIpc) is 2.58. The maximum Gasteiger partial charge on any atom is 0.234 e. The summed E-state index contributed by atoms with van der Waals surface area (Å²) in [6.07, 6.45) is 0.388. The first-order valence-electron chi connectivity index (χ1n) is 3.48. The van der Waals surface area contributed by atoms with Crippen molar-refractivity contribution >= 4 is 22.6 Å². The molecule has 2 N–H and O–H groups in total. The smallest absolute Gasteiger partial charge is 0.234 e. The van der Waals surface area contributed by atoms with Crippen LogP contribution in [-0.2, 0) is 4.79 Å².